The van der Waals surface area contributed by atoms with Crippen LogP contribution in [0.1, 0.15) is 74.7 Å². The molecule has 41 heavy (non-hydrogen) atoms. The van der Waals surface area contributed by atoms with Gasteiger partial charge in [0.1, 0.15) is 29.9 Å². The fraction of sp³-hybridized carbons (Fsp3) is 0.724. The van der Waals surface area contributed by atoms with E-state index >= 15 is 0 Å². The number of hydrogen-bond donors (Lipinski definition) is 3. The Hall–Kier alpha value is -3.44. The van der Waals surface area contributed by atoms with E-state index in [2.05, 4.69) is 17.2 Å². The SMILES string of the molecule is C=C(C(=O)N(C)[C@H](C(=O)N[C@H](C(=O)N(C)[C@@H](CC(C)C)C(=O)N[C@H](C)C(N)=O)C(C)C)C(C)C)N(C)C(=O)CCC. The fourth-order valence-electron chi connectivity index (χ4n) is 4.32. The van der Waals surface area contributed by atoms with Gasteiger partial charge in [-0.25, -0.2) is 0 Å². The maximum atomic E-state index is 13.7. The van der Waals surface area contributed by atoms with E-state index in [1.165, 1.54) is 42.8 Å². The third kappa shape index (κ3) is 10.8. The molecule has 0 radical (unpaired) electrons. The minimum atomic E-state index is -1.01. The maximum absolute atomic E-state index is 13.7. The summed E-state index contributed by atoms with van der Waals surface area (Å²) in [5.74, 6) is -3.80. The highest BCUT2D eigenvalue weighted by Crippen LogP contribution is 2.18. The van der Waals surface area contributed by atoms with Crippen LogP contribution in [0, 0.1) is 17.8 Å². The highest BCUT2D eigenvalue weighted by molar-refractivity contribution is 6.00. The van der Waals surface area contributed by atoms with Gasteiger partial charge in [0.25, 0.3) is 5.91 Å². The van der Waals surface area contributed by atoms with Crippen molar-refractivity contribution in [3.8, 4) is 0 Å². The molecule has 0 aliphatic heterocycles. The number of primary amides is 1. The van der Waals surface area contributed by atoms with Crippen molar-refractivity contribution in [2.24, 2.45) is 23.5 Å². The molecule has 12 nitrogen and oxygen atoms in total. The smallest absolute Gasteiger partial charge is 0.270 e. The molecule has 0 heterocycles. The molecule has 0 fully saturated rings. The van der Waals surface area contributed by atoms with Crippen LogP contribution in [0.5, 0.6) is 0 Å². The van der Waals surface area contributed by atoms with Crippen LogP contribution < -0.4 is 16.4 Å². The second kappa shape index (κ2) is 16.7. The maximum Gasteiger partial charge on any atom is 0.270 e. The Bertz CT molecular complexity index is 979. The number of rotatable bonds is 16. The van der Waals surface area contributed by atoms with Crippen molar-refractivity contribution >= 4 is 35.4 Å². The van der Waals surface area contributed by atoms with E-state index < -0.39 is 53.7 Å². The van der Waals surface area contributed by atoms with Crippen LogP contribution in [0.25, 0.3) is 0 Å². The predicted molar refractivity (Wildman–Crippen MR) is 158 cm³/mol. The number of likely N-dealkylation sites (N-methyl/N-ethyl adjacent to an activating group) is 3. The lowest BCUT2D eigenvalue weighted by Crippen LogP contribution is -2.60. The van der Waals surface area contributed by atoms with Crippen LogP contribution in [0.15, 0.2) is 12.3 Å². The lowest BCUT2D eigenvalue weighted by Gasteiger charge is -2.36. The average molecular weight is 581 g/mol. The molecule has 0 saturated heterocycles. The van der Waals surface area contributed by atoms with Gasteiger partial charge >= 0.3 is 0 Å². The Morgan fingerprint density at radius 3 is 1.76 bits per heavy atom. The van der Waals surface area contributed by atoms with Crippen LogP contribution in [0.4, 0.5) is 0 Å². The number of nitrogens with zero attached hydrogens (tertiary/aromatic N) is 3. The second-order valence-corrected chi connectivity index (χ2v) is 11.7. The Morgan fingerprint density at radius 1 is 0.805 bits per heavy atom. The summed E-state index contributed by atoms with van der Waals surface area (Å²) in [7, 11) is 4.40. The summed E-state index contributed by atoms with van der Waals surface area (Å²) in [6.45, 7) is 17.9. The van der Waals surface area contributed by atoms with Crippen LogP contribution >= 0.6 is 0 Å². The highest BCUT2D eigenvalue weighted by atomic mass is 16.2. The number of carbonyl (C=O) groups excluding carboxylic acids is 6. The minimum Gasteiger partial charge on any atom is -0.368 e. The first-order chi connectivity index (χ1) is 18.8. The summed E-state index contributed by atoms with van der Waals surface area (Å²) in [6.07, 6.45) is 1.18. The van der Waals surface area contributed by atoms with Crippen molar-refractivity contribution < 1.29 is 28.8 Å². The average Bonchev–Trinajstić information content (AvgIpc) is 2.87. The molecule has 0 rings (SSSR count). The van der Waals surface area contributed by atoms with Gasteiger partial charge in [-0.2, -0.15) is 0 Å². The summed E-state index contributed by atoms with van der Waals surface area (Å²) in [4.78, 5) is 81.0. The van der Waals surface area contributed by atoms with Crippen LogP contribution in [0.2, 0.25) is 0 Å². The largest absolute Gasteiger partial charge is 0.368 e. The first-order valence-corrected chi connectivity index (χ1v) is 14.2. The lowest BCUT2D eigenvalue weighted by molar-refractivity contribution is -0.146. The van der Waals surface area contributed by atoms with E-state index in [0.717, 1.165) is 0 Å². The molecule has 0 saturated carbocycles. The minimum absolute atomic E-state index is 0.0393. The third-order valence-corrected chi connectivity index (χ3v) is 6.96. The van der Waals surface area contributed by atoms with Gasteiger partial charge in [-0.05, 0) is 37.5 Å². The van der Waals surface area contributed by atoms with Crippen molar-refractivity contribution in [3.63, 3.8) is 0 Å². The van der Waals surface area contributed by atoms with Gasteiger partial charge in [0.15, 0.2) is 0 Å². The molecular formula is C29H52N6O6. The number of nitrogens with one attached hydrogen (secondary N) is 2. The molecule has 0 spiro atoms. The van der Waals surface area contributed by atoms with Crippen LogP contribution in [0.3, 0.4) is 0 Å². The molecule has 0 aromatic heterocycles. The Morgan fingerprint density at radius 2 is 1.34 bits per heavy atom. The normalized spacial score (nSPS) is 14.1. The topological polar surface area (TPSA) is 162 Å². The number of hydrogen-bond acceptors (Lipinski definition) is 6. The van der Waals surface area contributed by atoms with E-state index in [1.54, 1.807) is 27.7 Å². The fourth-order valence-corrected chi connectivity index (χ4v) is 4.32. The molecule has 0 aliphatic carbocycles. The zero-order valence-electron chi connectivity index (χ0n) is 26.7. The standard InChI is InChI=1S/C29H52N6O6/c1-13-14-22(36)33(10)20(9)28(40)35(12)24(18(6)7)27(39)32-23(17(4)5)29(41)34(11)21(15-16(2)3)26(38)31-19(8)25(30)37/h16-19,21,23-24H,9,13-15H2,1-8,10-12H3,(H2,30,37)(H,31,38)(H,32,39)/t19-,21+,23+,24+/m1/s1. The van der Waals surface area contributed by atoms with E-state index in [4.69, 9.17) is 5.73 Å². The monoisotopic (exact) mass is 580 g/mol. The predicted octanol–water partition coefficient (Wildman–Crippen LogP) is 1.25. The molecule has 0 bridgehead atoms. The summed E-state index contributed by atoms with van der Waals surface area (Å²) >= 11 is 0. The summed E-state index contributed by atoms with van der Waals surface area (Å²) in [5.41, 5.74) is 5.23. The zero-order valence-corrected chi connectivity index (χ0v) is 26.7. The Kier molecular flexibility index (Phi) is 15.3. The van der Waals surface area contributed by atoms with Crippen molar-refractivity contribution in [3.05, 3.63) is 12.3 Å². The number of carbonyl (C=O) groups is 6. The molecule has 0 aromatic carbocycles. The summed E-state index contributed by atoms with van der Waals surface area (Å²) < 4.78 is 0. The molecule has 0 aliphatic rings. The van der Waals surface area contributed by atoms with Crippen molar-refractivity contribution in [1.29, 1.82) is 0 Å². The quantitative estimate of drug-likeness (QED) is 0.233. The summed E-state index contributed by atoms with van der Waals surface area (Å²) in [6, 6.07) is -3.82. The Labute approximate surface area is 245 Å². The zero-order chi connectivity index (χ0) is 32.4. The van der Waals surface area contributed by atoms with E-state index in [9.17, 15) is 28.8 Å². The lowest BCUT2D eigenvalue weighted by atomic mass is 9.96. The molecule has 12 heteroatoms. The van der Waals surface area contributed by atoms with E-state index in [0.29, 0.717) is 12.8 Å². The van der Waals surface area contributed by atoms with Gasteiger partial charge in [0, 0.05) is 27.6 Å². The number of amides is 6. The van der Waals surface area contributed by atoms with Crippen molar-refractivity contribution in [1.82, 2.24) is 25.3 Å². The molecular weight excluding hydrogens is 528 g/mol. The van der Waals surface area contributed by atoms with Crippen LogP contribution in [-0.2, 0) is 28.8 Å². The van der Waals surface area contributed by atoms with Gasteiger partial charge < -0.3 is 31.1 Å². The molecule has 0 aromatic rings. The van der Waals surface area contributed by atoms with Gasteiger partial charge in [-0.1, -0.05) is 55.0 Å². The van der Waals surface area contributed by atoms with Crippen LogP contribution in [-0.4, -0.2) is 95.5 Å². The third-order valence-electron chi connectivity index (χ3n) is 6.96. The Balaban J connectivity index is 6.04. The molecule has 0 unspecified atom stereocenters. The van der Waals surface area contributed by atoms with E-state index in [-0.39, 0.29) is 35.8 Å². The van der Waals surface area contributed by atoms with E-state index in [1.807, 2.05) is 20.8 Å². The van der Waals surface area contributed by atoms with Gasteiger partial charge in [-0.3, -0.25) is 28.8 Å². The van der Waals surface area contributed by atoms with Crippen molar-refractivity contribution in [2.75, 3.05) is 21.1 Å². The van der Waals surface area contributed by atoms with Crippen molar-refractivity contribution in [2.45, 2.75) is 98.8 Å². The van der Waals surface area contributed by atoms with Gasteiger partial charge in [0.2, 0.25) is 29.5 Å². The molecule has 4 N–H and O–H groups in total. The summed E-state index contributed by atoms with van der Waals surface area (Å²) in [5, 5.41) is 5.34. The first kappa shape index (κ1) is 37.6. The number of nitrogens with two attached hydrogens (primary N) is 1. The van der Waals surface area contributed by atoms with Gasteiger partial charge in [0.05, 0.1) is 0 Å². The molecule has 4 atom stereocenters. The molecule has 234 valence electrons. The van der Waals surface area contributed by atoms with Gasteiger partial charge in [-0.15, -0.1) is 0 Å². The second-order valence-electron chi connectivity index (χ2n) is 11.7. The molecule has 6 amide bonds. The highest BCUT2D eigenvalue weighted by Gasteiger charge is 2.38. The first-order valence-electron chi connectivity index (χ1n) is 14.2.